The van der Waals surface area contributed by atoms with Crippen molar-refractivity contribution in [2.75, 3.05) is 26.4 Å². The van der Waals surface area contributed by atoms with E-state index in [4.69, 9.17) is 18.9 Å². The Hall–Kier alpha value is -3.10. The smallest absolute Gasteiger partial charge is 0.407 e. The zero-order valence-electron chi connectivity index (χ0n) is 21.7. The summed E-state index contributed by atoms with van der Waals surface area (Å²) in [5, 5.41) is 6.21. The number of carbonyl (C=O) groups excluding carboxylic acids is 2. The lowest BCUT2D eigenvalue weighted by Crippen LogP contribution is -2.69. The number of ether oxygens (including phenoxy) is 4. The Labute approximate surface area is 213 Å². The molecule has 1 aliphatic rings. The molecule has 1 saturated heterocycles. The van der Waals surface area contributed by atoms with E-state index < -0.39 is 17.7 Å². The van der Waals surface area contributed by atoms with Crippen LogP contribution >= 0.6 is 0 Å². The molecule has 0 aliphatic carbocycles. The van der Waals surface area contributed by atoms with Gasteiger partial charge >= 0.3 is 12.1 Å². The second kappa shape index (κ2) is 12.7. The van der Waals surface area contributed by atoms with Gasteiger partial charge in [0.2, 0.25) is 0 Å². The van der Waals surface area contributed by atoms with Crippen LogP contribution in [0.5, 0.6) is 5.75 Å². The Balaban J connectivity index is 1.60. The van der Waals surface area contributed by atoms with Crippen LogP contribution in [0.2, 0.25) is 0 Å². The first-order valence-electron chi connectivity index (χ1n) is 12.4. The normalized spacial score (nSPS) is 15.3. The largest absolute Gasteiger partial charge is 0.488 e. The van der Waals surface area contributed by atoms with Crippen molar-refractivity contribution in [3.63, 3.8) is 0 Å². The minimum Gasteiger partial charge on any atom is -0.488 e. The van der Waals surface area contributed by atoms with Gasteiger partial charge in [0.1, 0.15) is 24.0 Å². The van der Waals surface area contributed by atoms with Crippen molar-refractivity contribution in [2.24, 2.45) is 0 Å². The Bertz CT molecular complexity index is 968. The van der Waals surface area contributed by atoms with E-state index in [-0.39, 0.29) is 24.7 Å². The zero-order chi connectivity index (χ0) is 26.0. The summed E-state index contributed by atoms with van der Waals surface area (Å²) in [7, 11) is 0. The van der Waals surface area contributed by atoms with Crippen LogP contribution in [0.4, 0.5) is 4.79 Å². The predicted molar refractivity (Wildman–Crippen MR) is 137 cm³/mol. The van der Waals surface area contributed by atoms with Gasteiger partial charge in [0.05, 0.1) is 25.4 Å². The van der Waals surface area contributed by atoms with Crippen LogP contribution < -0.4 is 15.4 Å². The molecule has 36 heavy (non-hydrogen) atoms. The molecular weight excluding hydrogens is 460 g/mol. The summed E-state index contributed by atoms with van der Waals surface area (Å²) < 4.78 is 22.1. The number of alkyl carbamates (subject to hydrolysis) is 1. The van der Waals surface area contributed by atoms with Gasteiger partial charge in [-0.05, 0) is 56.9 Å². The van der Waals surface area contributed by atoms with Crippen molar-refractivity contribution in [1.82, 2.24) is 10.6 Å². The summed E-state index contributed by atoms with van der Waals surface area (Å²) in [5.41, 5.74) is 0.996. The van der Waals surface area contributed by atoms with Crippen LogP contribution in [-0.2, 0) is 32.0 Å². The van der Waals surface area contributed by atoms with E-state index in [1.54, 1.807) is 0 Å². The summed E-state index contributed by atoms with van der Waals surface area (Å²) >= 11 is 0. The van der Waals surface area contributed by atoms with Gasteiger partial charge in [0.15, 0.2) is 0 Å². The van der Waals surface area contributed by atoms with Crippen molar-refractivity contribution in [1.29, 1.82) is 0 Å². The molecule has 3 rings (SSSR count). The summed E-state index contributed by atoms with van der Waals surface area (Å²) in [6.07, 6.45) is 0.644. The van der Waals surface area contributed by atoms with Crippen molar-refractivity contribution in [3.05, 3.63) is 65.7 Å². The van der Waals surface area contributed by atoms with E-state index in [1.165, 1.54) is 0 Å². The molecule has 1 atom stereocenters. The molecule has 8 nitrogen and oxygen atoms in total. The topological polar surface area (TPSA) is 95.1 Å². The maximum atomic E-state index is 12.9. The highest BCUT2D eigenvalue weighted by atomic mass is 16.5. The van der Waals surface area contributed by atoms with Crippen LogP contribution in [0.3, 0.4) is 0 Å². The fourth-order valence-corrected chi connectivity index (χ4v) is 3.75. The van der Waals surface area contributed by atoms with E-state index in [9.17, 15) is 9.59 Å². The molecule has 0 unspecified atom stereocenters. The fraction of sp³-hybridized carbons (Fsp3) is 0.500. The third kappa shape index (κ3) is 8.84. The quantitative estimate of drug-likeness (QED) is 0.427. The Kier molecular flexibility index (Phi) is 9.73. The Morgan fingerprint density at radius 2 is 1.69 bits per heavy atom. The summed E-state index contributed by atoms with van der Waals surface area (Å²) in [4.78, 5) is 25.2. The highest BCUT2D eigenvalue weighted by Gasteiger charge is 2.42. The van der Waals surface area contributed by atoms with Gasteiger partial charge in [-0.15, -0.1) is 0 Å². The van der Waals surface area contributed by atoms with Crippen molar-refractivity contribution >= 4 is 12.1 Å². The lowest BCUT2D eigenvalue weighted by Gasteiger charge is -2.44. The first kappa shape index (κ1) is 27.5. The second-order valence-electron chi connectivity index (χ2n) is 10.1. The predicted octanol–water partition coefficient (Wildman–Crippen LogP) is 4.01. The second-order valence-corrected chi connectivity index (χ2v) is 10.1. The first-order valence-corrected chi connectivity index (χ1v) is 12.4. The minimum atomic E-state index is -0.600. The maximum absolute atomic E-state index is 12.9. The third-order valence-electron chi connectivity index (χ3n) is 5.54. The lowest BCUT2D eigenvalue weighted by atomic mass is 9.94. The molecule has 2 aromatic carbocycles. The van der Waals surface area contributed by atoms with Crippen LogP contribution in [0.15, 0.2) is 54.6 Å². The monoisotopic (exact) mass is 498 g/mol. The number of nitrogens with one attached hydrogen (secondary N) is 2. The molecule has 2 N–H and O–H groups in total. The Morgan fingerprint density at radius 3 is 2.28 bits per heavy atom. The van der Waals surface area contributed by atoms with Crippen LogP contribution in [-0.4, -0.2) is 55.6 Å². The first-order chi connectivity index (χ1) is 17.2. The summed E-state index contributed by atoms with van der Waals surface area (Å²) in [6.45, 7) is 9.46. The summed E-state index contributed by atoms with van der Waals surface area (Å²) in [5.74, 6) is 0.441. The molecule has 1 heterocycles. The van der Waals surface area contributed by atoms with Crippen molar-refractivity contribution in [2.45, 2.75) is 64.3 Å². The number of amides is 1. The number of hydrogen-bond acceptors (Lipinski definition) is 7. The molecule has 0 saturated carbocycles. The third-order valence-corrected chi connectivity index (χ3v) is 5.54. The molecule has 0 spiro atoms. The highest BCUT2D eigenvalue weighted by Crippen LogP contribution is 2.22. The van der Waals surface area contributed by atoms with E-state index >= 15 is 0 Å². The minimum absolute atomic E-state index is 0.185. The number of carbonyl (C=O) groups is 2. The molecule has 1 aliphatic heterocycles. The number of rotatable bonds is 12. The van der Waals surface area contributed by atoms with E-state index in [0.29, 0.717) is 26.2 Å². The average molecular weight is 499 g/mol. The van der Waals surface area contributed by atoms with Crippen LogP contribution in [0.1, 0.15) is 45.2 Å². The molecule has 8 heteroatoms. The van der Waals surface area contributed by atoms with Crippen LogP contribution in [0, 0.1) is 0 Å². The highest BCUT2D eigenvalue weighted by molar-refractivity contribution is 5.76. The molecule has 1 amide bonds. The molecule has 2 aromatic rings. The van der Waals surface area contributed by atoms with Crippen molar-refractivity contribution < 1.29 is 28.5 Å². The summed E-state index contributed by atoms with van der Waals surface area (Å²) in [6, 6.07) is 16.6. The fourth-order valence-electron chi connectivity index (χ4n) is 3.75. The van der Waals surface area contributed by atoms with Crippen LogP contribution in [0.25, 0.3) is 0 Å². The number of hydrogen-bond donors (Lipinski definition) is 2. The number of esters is 1. The average Bonchev–Trinajstić information content (AvgIpc) is 2.83. The number of benzene rings is 2. The van der Waals surface area contributed by atoms with Gasteiger partial charge < -0.3 is 24.3 Å². The molecule has 0 aromatic heterocycles. The zero-order valence-corrected chi connectivity index (χ0v) is 21.7. The van der Waals surface area contributed by atoms with E-state index in [1.807, 2.05) is 82.3 Å². The molecule has 1 fully saturated rings. The van der Waals surface area contributed by atoms with Crippen molar-refractivity contribution in [3.8, 4) is 5.75 Å². The molecular formula is C28H38N2O6. The molecule has 196 valence electrons. The van der Waals surface area contributed by atoms with Gasteiger partial charge in [0.25, 0.3) is 0 Å². The van der Waals surface area contributed by atoms with Gasteiger partial charge in [0, 0.05) is 6.54 Å². The maximum Gasteiger partial charge on any atom is 0.407 e. The van der Waals surface area contributed by atoms with Gasteiger partial charge in [-0.25, -0.2) is 4.79 Å². The lowest BCUT2D eigenvalue weighted by molar-refractivity contribution is -0.149. The Morgan fingerprint density at radius 1 is 1.00 bits per heavy atom. The SMILES string of the molecule is CCCOC(=O)[C@H](Cc1ccc(OC(C)(C)C)cc1)NC1(CNC(=O)OCc2ccccc2)COC1. The standard InChI is InChI=1S/C28H38N2O6/c1-5-15-34-25(31)24(16-21-11-13-23(14-12-21)36-27(2,3)4)30-28(19-33-20-28)18-29-26(32)35-17-22-9-7-6-8-10-22/h6-14,24,30H,5,15-20H2,1-4H3,(H,29,32)/t24-/m0/s1. The van der Waals surface area contributed by atoms with E-state index in [2.05, 4.69) is 10.6 Å². The van der Waals surface area contributed by atoms with E-state index in [0.717, 1.165) is 23.3 Å². The molecule has 0 bridgehead atoms. The van der Waals surface area contributed by atoms with Gasteiger partial charge in [-0.3, -0.25) is 10.1 Å². The molecule has 0 radical (unpaired) electrons. The van der Waals surface area contributed by atoms with Gasteiger partial charge in [-0.1, -0.05) is 49.4 Å². The van der Waals surface area contributed by atoms with Gasteiger partial charge in [-0.2, -0.15) is 0 Å².